The van der Waals surface area contributed by atoms with Crippen LogP contribution >= 0.6 is 11.6 Å². The number of carbonyl (C=O) groups excluding carboxylic acids is 2. The first-order valence-corrected chi connectivity index (χ1v) is 14.3. The number of ether oxygens (including phenoxy) is 1. The van der Waals surface area contributed by atoms with Gasteiger partial charge in [-0.2, -0.15) is 4.68 Å². The standard InChI is InChI=1S/C30H26ClFN8O5/c31-23-6-7-24(40-17-34-36-37-40)22(26(23)32)5-8-25(41)39-12-10-21-20(9-11-33-28(21)38-13-15-45-16-14-38)27(39)29(42)35-19-3-1-18(2-4-19)30(43)44/h1-9,11,17,27H,10,12-16H2,(H,35,42)(H,43,44)/b8-5+. The van der Waals surface area contributed by atoms with Crippen molar-refractivity contribution in [2.24, 2.45) is 0 Å². The van der Waals surface area contributed by atoms with Gasteiger partial charge in [0.1, 0.15) is 18.2 Å². The van der Waals surface area contributed by atoms with Crippen LogP contribution in [0.4, 0.5) is 15.9 Å². The molecule has 2 aliphatic rings. The van der Waals surface area contributed by atoms with Crippen LogP contribution in [0.3, 0.4) is 0 Å². The van der Waals surface area contributed by atoms with Crippen LogP contribution in [-0.2, 0) is 20.7 Å². The fourth-order valence-electron chi connectivity index (χ4n) is 5.45. The number of carbonyl (C=O) groups is 3. The lowest BCUT2D eigenvalue weighted by molar-refractivity contribution is -0.135. The van der Waals surface area contributed by atoms with Gasteiger partial charge in [0.25, 0.3) is 5.91 Å². The first-order valence-electron chi connectivity index (χ1n) is 14.0. The minimum absolute atomic E-state index is 0.0149. The third-order valence-corrected chi connectivity index (χ3v) is 7.91. The van der Waals surface area contributed by atoms with E-state index in [1.165, 1.54) is 64.5 Å². The van der Waals surface area contributed by atoms with Crippen molar-refractivity contribution in [1.29, 1.82) is 0 Å². The number of nitrogens with one attached hydrogen (secondary N) is 1. The number of anilines is 2. The lowest BCUT2D eigenvalue weighted by Gasteiger charge is -2.38. The predicted octanol–water partition coefficient (Wildman–Crippen LogP) is 3.16. The van der Waals surface area contributed by atoms with Crippen molar-refractivity contribution in [3.63, 3.8) is 0 Å². The number of halogens is 2. The van der Waals surface area contributed by atoms with Gasteiger partial charge in [0.05, 0.1) is 29.5 Å². The summed E-state index contributed by atoms with van der Waals surface area (Å²) in [6.45, 7) is 2.54. The minimum atomic E-state index is -1.10. The van der Waals surface area contributed by atoms with Crippen molar-refractivity contribution in [3.05, 3.63) is 94.2 Å². The van der Waals surface area contributed by atoms with E-state index < -0.39 is 29.6 Å². The molecule has 1 atom stereocenters. The van der Waals surface area contributed by atoms with Crippen LogP contribution in [0, 0.1) is 5.82 Å². The second-order valence-corrected chi connectivity index (χ2v) is 10.6. The zero-order valence-electron chi connectivity index (χ0n) is 23.6. The van der Waals surface area contributed by atoms with Gasteiger partial charge in [0.15, 0.2) is 5.82 Å². The van der Waals surface area contributed by atoms with Crippen molar-refractivity contribution < 1.29 is 28.6 Å². The third kappa shape index (κ3) is 6.10. The third-order valence-electron chi connectivity index (χ3n) is 7.62. The largest absolute Gasteiger partial charge is 0.478 e. The molecule has 230 valence electrons. The van der Waals surface area contributed by atoms with E-state index in [0.29, 0.717) is 44.0 Å². The van der Waals surface area contributed by atoms with Crippen LogP contribution in [0.15, 0.2) is 61.1 Å². The Hall–Kier alpha value is -5.21. The van der Waals surface area contributed by atoms with Crippen molar-refractivity contribution in [2.75, 3.05) is 43.1 Å². The summed E-state index contributed by atoms with van der Waals surface area (Å²) in [5, 5.41) is 22.9. The number of fused-ring (bicyclic) bond motifs is 1. The van der Waals surface area contributed by atoms with Crippen LogP contribution < -0.4 is 10.2 Å². The molecule has 0 spiro atoms. The van der Waals surface area contributed by atoms with Crippen molar-refractivity contribution in [2.45, 2.75) is 12.5 Å². The molecule has 1 fully saturated rings. The maximum Gasteiger partial charge on any atom is 0.335 e. The van der Waals surface area contributed by atoms with Gasteiger partial charge < -0.3 is 25.0 Å². The molecule has 2 aromatic carbocycles. The van der Waals surface area contributed by atoms with Crippen LogP contribution in [0.1, 0.15) is 33.1 Å². The second kappa shape index (κ2) is 12.8. The van der Waals surface area contributed by atoms with Gasteiger partial charge >= 0.3 is 5.97 Å². The van der Waals surface area contributed by atoms with E-state index in [4.69, 9.17) is 16.3 Å². The molecule has 2 aromatic heterocycles. The number of hydrogen-bond donors (Lipinski definition) is 2. The molecule has 0 aliphatic carbocycles. The highest BCUT2D eigenvalue weighted by molar-refractivity contribution is 6.31. The number of aromatic nitrogens is 5. The number of hydrogen-bond acceptors (Lipinski definition) is 9. The topological polar surface area (TPSA) is 156 Å². The van der Waals surface area contributed by atoms with E-state index in [2.05, 4.69) is 30.7 Å². The number of nitrogens with zero attached hydrogens (tertiary/aromatic N) is 7. The maximum absolute atomic E-state index is 15.2. The Morgan fingerprint density at radius 3 is 2.56 bits per heavy atom. The van der Waals surface area contributed by atoms with Gasteiger partial charge in [-0.25, -0.2) is 14.2 Å². The molecule has 0 radical (unpaired) electrons. The molecular weight excluding hydrogens is 607 g/mol. The van der Waals surface area contributed by atoms with Crippen LogP contribution in [0.5, 0.6) is 0 Å². The molecule has 2 aliphatic heterocycles. The summed E-state index contributed by atoms with van der Waals surface area (Å²) in [7, 11) is 0. The van der Waals surface area contributed by atoms with Crippen molar-refractivity contribution in [3.8, 4) is 5.69 Å². The zero-order chi connectivity index (χ0) is 31.5. The maximum atomic E-state index is 15.2. The minimum Gasteiger partial charge on any atom is -0.478 e. The fraction of sp³-hybridized carbons (Fsp3) is 0.233. The van der Waals surface area contributed by atoms with Gasteiger partial charge in [-0.15, -0.1) is 5.10 Å². The molecule has 4 aromatic rings. The first kappa shape index (κ1) is 29.8. The summed E-state index contributed by atoms with van der Waals surface area (Å²) in [5.41, 5.74) is 2.11. The van der Waals surface area contributed by atoms with Crippen LogP contribution in [0.25, 0.3) is 11.8 Å². The average Bonchev–Trinajstić information content (AvgIpc) is 3.60. The molecule has 1 saturated heterocycles. The quantitative estimate of drug-likeness (QED) is 0.290. The van der Waals surface area contributed by atoms with Crippen LogP contribution in [-0.4, -0.2) is 85.8 Å². The number of benzene rings is 2. The van der Waals surface area contributed by atoms with Gasteiger partial charge in [-0.1, -0.05) is 11.6 Å². The SMILES string of the molecule is O=C(O)c1ccc(NC(=O)C2c3ccnc(N4CCOCC4)c3CCN2C(=O)/C=C/c2c(-n3cnnn3)ccc(Cl)c2F)cc1. The van der Waals surface area contributed by atoms with Crippen molar-refractivity contribution >= 4 is 47.0 Å². The first-order chi connectivity index (χ1) is 21.8. The van der Waals surface area contributed by atoms with E-state index in [0.717, 1.165) is 11.4 Å². The van der Waals surface area contributed by atoms with Gasteiger partial charge in [0, 0.05) is 48.7 Å². The lowest BCUT2D eigenvalue weighted by atomic mass is 9.92. The molecule has 0 bridgehead atoms. The smallest absolute Gasteiger partial charge is 0.335 e. The van der Waals surface area contributed by atoms with E-state index in [9.17, 15) is 19.5 Å². The van der Waals surface area contributed by atoms with Crippen molar-refractivity contribution in [1.82, 2.24) is 30.1 Å². The molecule has 0 saturated carbocycles. The molecule has 6 rings (SSSR count). The number of amides is 2. The molecule has 13 nitrogen and oxygen atoms in total. The monoisotopic (exact) mass is 632 g/mol. The summed E-state index contributed by atoms with van der Waals surface area (Å²) < 4.78 is 21.9. The highest BCUT2D eigenvalue weighted by Gasteiger charge is 2.37. The van der Waals surface area contributed by atoms with Gasteiger partial charge in [-0.3, -0.25) is 9.59 Å². The Labute approximate surface area is 260 Å². The van der Waals surface area contributed by atoms with Gasteiger partial charge in [0.2, 0.25) is 5.91 Å². The Morgan fingerprint density at radius 2 is 1.84 bits per heavy atom. The fourth-order valence-corrected chi connectivity index (χ4v) is 5.61. The Bertz CT molecular complexity index is 1780. The van der Waals surface area contributed by atoms with E-state index in [1.807, 2.05) is 0 Å². The zero-order valence-corrected chi connectivity index (χ0v) is 24.4. The second-order valence-electron chi connectivity index (χ2n) is 10.2. The number of aromatic carboxylic acids is 1. The Kier molecular flexibility index (Phi) is 8.49. The highest BCUT2D eigenvalue weighted by atomic mass is 35.5. The lowest BCUT2D eigenvalue weighted by Crippen LogP contribution is -2.46. The van der Waals surface area contributed by atoms with E-state index >= 15 is 4.39 Å². The van der Waals surface area contributed by atoms with E-state index in [-0.39, 0.29) is 28.4 Å². The Morgan fingerprint density at radius 1 is 1.07 bits per heavy atom. The number of carboxylic acid groups (broad SMARTS) is 1. The number of carboxylic acids is 1. The molecule has 45 heavy (non-hydrogen) atoms. The molecular formula is C30H26ClFN8O5. The summed E-state index contributed by atoms with van der Waals surface area (Å²) in [5.74, 6) is -2.19. The molecule has 2 amide bonds. The Balaban J connectivity index is 1.35. The van der Waals surface area contributed by atoms with Gasteiger partial charge in [-0.05, 0) is 71.0 Å². The molecule has 1 unspecified atom stereocenters. The average molecular weight is 633 g/mol. The summed E-state index contributed by atoms with van der Waals surface area (Å²) in [6.07, 6.45) is 5.77. The highest BCUT2D eigenvalue weighted by Crippen LogP contribution is 2.36. The van der Waals surface area contributed by atoms with E-state index in [1.54, 1.807) is 12.3 Å². The molecule has 2 N–H and O–H groups in total. The number of pyridine rings is 1. The normalized spacial score (nSPS) is 16.4. The summed E-state index contributed by atoms with van der Waals surface area (Å²) in [6, 6.07) is 9.23. The predicted molar refractivity (Wildman–Crippen MR) is 161 cm³/mol. The summed E-state index contributed by atoms with van der Waals surface area (Å²) >= 11 is 6.05. The number of morpholine rings is 1. The molecule has 4 heterocycles. The molecule has 15 heteroatoms. The van der Waals surface area contributed by atoms with Crippen LogP contribution in [0.2, 0.25) is 5.02 Å². The number of tetrazole rings is 1. The summed E-state index contributed by atoms with van der Waals surface area (Å²) in [4.78, 5) is 47.1. The number of rotatable bonds is 7.